The van der Waals surface area contributed by atoms with Crippen molar-refractivity contribution in [2.45, 2.75) is 4.90 Å². The quantitative estimate of drug-likeness (QED) is 0.439. The molecule has 0 bridgehead atoms. The second-order valence-corrected chi connectivity index (χ2v) is 9.27. The molecule has 0 saturated carbocycles. The van der Waals surface area contributed by atoms with Gasteiger partial charge in [-0.15, -0.1) is 0 Å². The summed E-state index contributed by atoms with van der Waals surface area (Å²) >= 11 is 0. The molecule has 0 saturated heterocycles. The topological polar surface area (TPSA) is 65.4 Å². The van der Waals surface area contributed by atoms with Crippen LogP contribution in [0.1, 0.15) is 0 Å². The van der Waals surface area contributed by atoms with E-state index < -0.39 is 32.8 Å². The zero-order valence-electron chi connectivity index (χ0n) is 16.9. The molecule has 4 rings (SSSR count). The van der Waals surface area contributed by atoms with E-state index in [0.717, 1.165) is 24.5 Å². The first-order chi connectivity index (χ1) is 15.0. The highest BCUT2D eigenvalue weighted by Crippen LogP contribution is 2.38. The van der Waals surface area contributed by atoms with Gasteiger partial charge in [0.25, 0.3) is 5.56 Å². The molecule has 0 fully saturated rings. The van der Waals surface area contributed by atoms with E-state index in [1.165, 1.54) is 48.1 Å². The first-order valence-corrected chi connectivity index (χ1v) is 11.2. The van der Waals surface area contributed by atoms with Gasteiger partial charge in [0.05, 0.1) is 10.3 Å². The summed E-state index contributed by atoms with van der Waals surface area (Å²) in [5.74, 6) is -2.56. The molecule has 0 radical (unpaired) electrons. The number of nitrogens with zero attached hydrogens (tertiary/aromatic N) is 1. The third kappa shape index (κ3) is 3.99. The summed E-state index contributed by atoms with van der Waals surface area (Å²) in [7, 11) is -2.15. The highest BCUT2D eigenvalue weighted by atomic mass is 32.2. The lowest BCUT2D eigenvalue weighted by molar-refractivity contribution is 0.438. The van der Waals surface area contributed by atoms with Crippen LogP contribution in [-0.4, -0.2) is 19.2 Å². The Morgan fingerprint density at radius 2 is 1.47 bits per heavy atom. The van der Waals surface area contributed by atoms with E-state index in [1.807, 2.05) is 0 Å². The van der Waals surface area contributed by atoms with E-state index in [4.69, 9.17) is 4.74 Å². The van der Waals surface area contributed by atoms with Gasteiger partial charge < -0.3 is 9.30 Å². The SMILES string of the molecule is Cn1cc(-c2cc(S(C)(=O)=O)ccc2Oc2ccc(F)cc2F)c2ccc(F)cc2c1=O. The number of aryl methyl sites for hydroxylation is 1. The van der Waals surface area contributed by atoms with Crippen molar-refractivity contribution >= 4 is 20.6 Å². The van der Waals surface area contributed by atoms with Crippen LogP contribution in [0.5, 0.6) is 11.5 Å². The lowest BCUT2D eigenvalue weighted by Crippen LogP contribution is -2.16. The third-order valence-electron chi connectivity index (χ3n) is 4.93. The van der Waals surface area contributed by atoms with Crippen LogP contribution in [0.15, 0.2) is 70.5 Å². The molecule has 1 aromatic heterocycles. The third-order valence-corrected chi connectivity index (χ3v) is 6.04. The molecular formula is C23H16F3NO4S. The van der Waals surface area contributed by atoms with Crippen LogP contribution in [0.3, 0.4) is 0 Å². The van der Waals surface area contributed by atoms with Crippen molar-refractivity contribution in [3.63, 3.8) is 0 Å². The maximum absolute atomic E-state index is 14.2. The van der Waals surface area contributed by atoms with Gasteiger partial charge in [-0.1, -0.05) is 6.07 Å². The maximum atomic E-state index is 14.2. The predicted octanol–water partition coefficient (Wildman–Crippen LogP) is 4.82. The Kier molecular flexibility index (Phi) is 5.29. The summed E-state index contributed by atoms with van der Waals surface area (Å²) in [5, 5.41) is 0.429. The molecule has 32 heavy (non-hydrogen) atoms. The zero-order valence-corrected chi connectivity index (χ0v) is 17.7. The fourth-order valence-corrected chi connectivity index (χ4v) is 4.02. The lowest BCUT2D eigenvalue weighted by atomic mass is 9.99. The Balaban J connectivity index is 2.02. The number of hydrogen-bond acceptors (Lipinski definition) is 4. The largest absolute Gasteiger partial charge is 0.454 e. The number of benzene rings is 3. The summed E-state index contributed by atoms with van der Waals surface area (Å²) in [4.78, 5) is 12.5. The van der Waals surface area contributed by atoms with Gasteiger partial charge in [-0.3, -0.25) is 4.79 Å². The average Bonchev–Trinajstić information content (AvgIpc) is 2.72. The van der Waals surface area contributed by atoms with Crippen LogP contribution >= 0.6 is 0 Å². The number of halogens is 3. The van der Waals surface area contributed by atoms with Crippen molar-refractivity contribution in [1.29, 1.82) is 0 Å². The summed E-state index contributed by atoms with van der Waals surface area (Å²) < 4.78 is 72.5. The Morgan fingerprint density at radius 3 is 2.16 bits per heavy atom. The number of hydrogen-bond donors (Lipinski definition) is 0. The van der Waals surface area contributed by atoms with Crippen molar-refractivity contribution in [2.24, 2.45) is 7.05 Å². The fourth-order valence-electron chi connectivity index (χ4n) is 3.37. The molecule has 0 aliphatic heterocycles. The monoisotopic (exact) mass is 459 g/mol. The van der Waals surface area contributed by atoms with Gasteiger partial charge >= 0.3 is 0 Å². The molecule has 3 aromatic carbocycles. The first kappa shape index (κ1) is 21.6. The van der Waals surface area contributed by atoms with E-state index in [1.54, 1.807) is 0 Å². The Morgan fingerprint density at radius 1 is 0.812 bits per heavy atom. The number of pyridine rings is 1. The highest BCUT2D eigenvalue weighted by molar-refractivity contribution is 7.90. The molecule has 0 aliphatic rings. The molecule has 0 amide bonds. The van der Waals surface area contributed by atoms with Crippen LogP contribution < -0.4 is 10.3 Å². The van der Waals surface area contributed by atoms with Crippen molar-refractivity contribution < 1.29 is 26.3 Å². The number of aromatic nitrogens is 1. The average molecular weight is 459 g/mol. The number of fused-ring (bicyclic) bond motifs is 1. The minimum absolute atomic E-state index is 0.0384. The predicted molar refractivity (Wildman–Crippen MR) is 114 cm³/mol. The minimum atomic E-state index is -3.62. The van der Waals surface area contributed by atoms with Crippen molar-refractivity contribution in [3.05, 3.63) is 88.6 Å². The Hall–Kier alpha value is -3.59. The molecule has 0 unspecified atom stereocenters. The molecule has 0 N–H and O–H groups in total. The summed E-state index contributed by atoms with van der Waals surface area (Å²) in [6, 6.07) is 10.4. The normalized spacial score (nSPS) is 11.7. The number of ether oxygens (including phenoxy) is 1. The van der Waals surface area contributed by atoms with E-state index in [2.05, 4.69) is 0 Å². The second kappa shape index (κ2) is 7.83. The first-order valence-electron chi connectivity index (χ1n) is 9.31. The molecule has 0 spiro atoms. The zero-order chi connectivity index (χ0) is 23.2. The van der Waals surface area contributed by atoms with Crippen LogP contribution in [0, 0.1) is 17.5 Å². The second-order valence-electron chi connectivity index (χ2n) is 7.26. The number of rotatable bonds is 4. The smallest absolute Gasteiger partial charge is 0.258 e. The minimum Gasteiger partial charge on any atom is -0.454 e. The van der Waals surface area contributed by atoms with Crippen LogP contribution in [0.2, 0.25) is 0 Å². The summed E-state index contributed by atoms with van der Waals surface area (Å²) in [6.45, 7) is 0. The van der Waals surface area contributed by atoms with Gasteiger partial charge in [0, 0.05) is 36.7 Å². The molecular weight excluding hydrogens is 443 g/mol. The molecule has 0 atom stereocenters. The van der Waals surface area contributed by atoms with Crippen molar-refractivity contribution in [3.8, 4) is 22.6 Å². The molecule has 1 heterocycles. The highest BCUT2D eigenvalue weighted by Gasteiger charge is 2.19. The van der Waals surface area contributed by atoms with Crippen LogP contribution in [-0.2, 0) is 16.9 Å². The standard InChI is InChI=1S/C23H16F3NO4S/c1-27-12-19(16-6-3-13(24)9-18(16)23(27)28)17-11-15(32(2,29)30)5-8-21(17)31-22-7-4-14(25)10-20(22)26/h3-12H,1-2H3. The van der Waals surface area contributed by atoms with Gasteiger partial charge in [0.15, 0.2) is 21.4 Å². The van der Waals surface area contributed by atoms with Crippen molar-refractivity contribution in [2.75, 3.05) is 6.26 Å². The van der Waals surface area contributed by atoms with Gasteiger partial charge in [0.2, 0.25) is 0 Å². The fraction of sp³-hybridized carbons (Fsp3) is 0.0870. The van der Waals surface area contributed by atoms with Crippen LogP contribution in [0.4, 0.5) is 13.2 Å². The summed E-state index contributed by atoms with van der Waals surface area (Å²) in [5.41, 5.74) is 0.142. The van der Waals surface area contributed by atoms with Gasteiger partial charge in [-0.2, -0.15) is 0 Å². The maximum Gasteiger partial charge on any atom is 0.258 e. The summed E-state index contributed by atoms with van der Waals surface area (Å²) in [6.07, 6.45) is 2.48. The van der Waals surface area contributed by atoms with Gasteiger partial charge in [-0.25, -0.2) is 21.6 Å². The number of sulfone groups is 1. The Labute approximate surface area is 181 Å². The molecule has 164 valence electrons. The Bertz CT molecular complexity index is 1550. The van der Waals surface area contributed by atoms with Crippen LogP contribution in [0.25, 0.3) is 21.9 Å². The molecule has 9 heteroatoms. The molecule has 4 aromatic rings. The van der Waals surface area contributed by atoms with E-state index in [-0.39, 0.29) is 27.3 Å². The molecule has 5 nitrogen and oxygen atoms in total. The lowest BCUT2D eigenvalue weighted by Gasteiger charge is -2.16. The van der Waals surface area contributed by atoms with Gasteiger partial charge in [-0.05, 0) is 47.9 Å². The van der Waals surface area contributed by atoms with E-state index in [9.17, 15) is 26.4 Å². The van der Waals surface area contributed by atoms with Gasteiger partial charge in [0.1, 0.15) is 17.4 Å². The molecule has 0 aliphatic carbocycles. The van der Waals surface area contributed by atoms with E-state index in [0.29, 0.717) is 17.0 Å². The van der Waals surface area contributed by atoms with Crippen molar-refractivity contribution in [1.82, 2.24) is 4.57 Å². The van der Waals surface area contributed by atoms with E-state index >= 15 is 0 Å².